The van der Waals surface area contributed by atoms with Crippen LogP contribution >= 0.6 is 0 Å². The average molecular weight is 2080 g/mol. The summed E-state index contributed by atoms with van der Waals surface area (Å²) in [5.74, 6) is 0. The molecule has 0 atom stereocenters. The number of fused-ring (bicyclic) bond motifs is 2. The van der Waals surface area contributed by atoms with E-state index in [9.17, 15) is 8.42 Å². The van der Waals surface area contributed by atoms with Gasteiger partial charge >= 0.3 is 411 Å². The number of hydrogen-bond acceptors (Lipinski definition) is 2. The van der Waals surface area contributed by atoms with Gasteiger partial charge in [0.25, 0.3) is 0 Å². The van der Waals surface area contributed by atoms with Crippen LogP contribution in [0.25, 0.3) is 21.5 Å². The molecule has 112 valence electrons. The van der Waals surface area contributed by atoms with Crippen molar-refractivity contribution in [3.63, 3.8) is 0 Å². The van der Waals surface area contributed by atoms with Crippen molar-refractivity contribution in [1.82, 2.24) is 0 Å². The molecule has 0 aliphatic heterocycles. The van der Waals surface area contributed by atoms with E-state index in [1.165, 1.54) is 33.4 Å². The summed E-state index contributed by atoms with van der Waals surface area (Å²) in [7, 11) is -3.20. The number of aryl methyl sites for hydroxylation is 1. The number of rotatable bonds is 1. The van der Waals surface area contributed by atoms with Crippen molar-refractivity contribution in [2.24, 2.45) is 0 Å². The van der Waals surface area contributed by atoms with E-state index in [2.05, 4.69) is 6.92 Å². The zero-order chi connectivity index (χ0) is 20.6. The molecule has 0 amide bonds. The van der Waals surface area contributed by atoms with Gasteiger partial charge in [-0.05, 0) is 0 Å². The predicted octanol–water partition coefficient (Wildman–Crippen LogP) is -5.04. The molecule has 0 aliphatic carbocycles. The monoisotopic (exact) mass is 2080 g/mol. The molecule has 11 heteroatoms. The van der Waals surface area contributed by atoms with Crippen LogP contribution in [0.15, 0.2) is 4.90 Å². The van der Waals surface area contributed by atoms with Gasteiger partial charge < -0.3 is 0 Å². The van der Waals surface area contributed by atoms with E-state index in [-0.39, 0.29) is 171 Å². The van der Waals surface area contributed by atoms with Gasteiger partial charge in [0.15, 0.2) is 0 Å². The third-order valence-electron chi connectivity index (χ3n) is 6.95. The Kier molecular flexibility index (Phi) is 15.1. The van der Waals surface area contributed by atoms with Gasteiger partial charge in [0.2, 0.25) is 0 Å². The molecule has 3 aromatic rings. The molecule has 0 aromatic heterocycles. The zero-order valence-corrected chi connectivity index (χ0v) is 84.8. The van der Waals surface area contributed by atoms with Crippen LogP contribution in [0.4, 0.5) is 0 Å². The number of benzene rings is 3. The van der Waals surface area contributed by atoms with Gasteiger partial charge in [-0.1, -0.05) is 0 Å². The summed E-state index contributed by atoms with van der Waals surface area (Å²) in [5.41, 5.74) is 1.51. The third kappa shape index (κ3) is 6.45. The molecule has 0 fully saturated rings. The predicted molar refractivity (Wildman–Crippen MR) is 87.5 cm³/mol. The first kappa shape index (κ1) is 31.4. The van der Waals surface area contributed by atoms with Gasteiger partial charge in [0, 0.05) is 0 Å². The molecule has 3 aromatic carbocycles. The Morgan fingerprint density at radius 3 is 1.04 bits per heavy atom. The second-order valence-electron chi connectivity index (χ2n) is 8.23. The molecule has 0 heterocycles. The Labute approximate surface area is 394 Å². The molecule has 0 bridgehead atoms. The molecule has 0 saturated carbocycles. The number of sulfone groups is 1. The molecular weight excluding hydrogens is 2060 g/mol. The average Bonchev–Trinajstić information content (AvgIpc) is 2.58. The standard InChI is InChI=1S/C16H6O2S.8Ra.8H/c1-11-12-7-3-5-9-14(12)16(19(2,17)18)15-10-6-4-8-13(11)15;;;;;;;;;;;;;;;;/h1-2H3;;;;;;;;;;;;;;;;. The normalized spacial score (nSPS) is 11.8. The summed E-state index contributed by atoms with van der Waals surface area (Å²) in [6, 6.07) is 0. The summed E-state index contributed by atoms with van der Waals surface area (Å²) in [4.78, 5) is 0.818. The Hall–Kier alpha value is 9.87. The molecule has 0 saturated heterocycles. The maximum absolute atomic E-state index is 13.2. The molecule has 27 heavy (non-hydrogen) atoms. The summed E-state index contributed by atoms with van der Waals surface area (Å²) in [6.07, 6.45) is 1.51. The van der Waals surface area contributed by atoms with Gasteiger partial charge in [-0.15, -0.1) is 0 Å². The zero-order valence-electron chi connectivity index (χ0n) is 18.2. The fourth-order valence-corrected chi connectivity index (χ4v) is 67.0. The van der Waals surface area contributed by atoms with E-state index in [0.717, 1.165) is 4.90 Å². The molecular formula is C16H14O2Ra8S. The first-order chi connectivity index (χ1) is 12.3. The van der Waals surface area contributed by atoms with Crippen LogP contribution in [-0.4, -0.2) is 14.7 Å². The van der Waals surface area contributed by atoms with E-state index < -0.39 is 9.84 Å². The van der Waals surface area contributed by atoms with Crippen molar-refractivity contribution < 1.29 is 351 Å². The number of hydrogen-bond donors (Lipinski definition) is 0. The minimum atomic E-state index is -3.20. The van der Waals surface area contributed by atoms with E-state index in [0.29, 0.717) is 171 Å². The molecule has 0 spiro atoms. The second-order valence-corrected chi connectivity index (χ2v) is 43.1. The molecule has 2 nitrogen and oxygen atoms in total. The Bertz CT molecular complexity index is 1200. The van der Waals surface area contributed by atoms with Crippen molar-refractivity contribution in [1.29, 1.82) is 0 Å². The van der Waals surface area contributed by atoms with Crippen LogP contribution in [0, 0.1) is 349 Å². The molecule has 0 N–H and O–H groups in total. The van der Waals surface area contributed by atoms with Crippen LogP contribution in [0.3, 0.4) is 0 Å². The second kappa shape index (κ2) is 13.0. The topological polar surface area (TPSA) is 34.1 Å². The van der Waals surface area contributed by atoms with Crippen LogP contribution in [0.5, 0.6) is 0 Å². The van der Waals surface area contributed by atoms with Crippen molar-refractivity contribution in [2.75, 3.05) is 6.26 Å². The minimum absolute atomic E-state index is 0.187. The summed E-state index contributed by atoms with van der Waals surface area (Å²) >= 11 is 2.33. The van der Waals surface area contributed by atoms with Crippen LogP contribution in [0.2, 0.25) is 0 Å². The fourth-order valence-electron chi connectivity index (χ4n) is 4.75. The van der Waals surface area contributed by atoms with E-state index >= 15 is 0 Å². The SMILES string of the molecule is Cc1c2[c]([RaH])[c]([RaH])[c]([RaH])[c]([RaH])c2c(S(C)(=O)=O)c2[c]([RaH])[c]([RaH])[c]([RaH])[c]([RaH])c12. The summed E-state index contributed by atoms with van der Waals surface area (Å²) in [6.45, 7) is 2.36. The fraction of sp³-hybridized carbons (Fsp3) is 0.125. The van der Waals surface area contributed by atoms with Gasteiger partial charge in [-0.2, -0.15) is 0 Å². The van der Waals surface area contributed by atoms with Gasteiger partial charge in [0.05, 0.1) is 0 Å². The van der Waals surface area contributed by atoms with Gasteiger partial charge in [-0.3, -0.25) is 0 Å². The van der Waals surface area contributed by atoms with Gasteiger partial charge in [0.1, 0.15) is 0 Å². The van der Waals surface area contributed by atoms with Crippen molar-refractivity contribution in [3.05, 3.63) is 5.56 Å². The molecule has 0 unspecified atom stereocenters. The molecule has 0 aliphatic rings. The maximum atomic E-state index is 13.2. The first-order valence-corrected chi connectivity index (χ1v) is 44.2. The van der Waals surface area contributed by atoms with E-state index in [1.54, 1.807) is 4.83 Å². The quantitative estimate of drug-likeness (QED) is 0.229. The molecule has 0 radical (unpaired) electrons. The summed E-state index contributed by atoms with van der Waals surface area (Å²) in [5, 5.41) is 5.47. The van der Waals surface area contributed by atoms with Crippen molar-refractivity contribution in [3.8, 4) is 0 Å². The van der Waals surface area contributed by atoms with E-state index in [1.807, 2.05) is 0 Å². The summed E-state index contributed by atoms with van der Waals surface area (Å²) < 4.78 is 40.1. The van der Waals surface area contributed by atoms with Crippen LogP contribution in [0.1, 0.15) is 5.56 Å². The van der Waals surface area contributed by atoms with Gasteiger partial charge in [-0.25, -0.2) is 0 Å². The van der Waals surface area contributed by atoms with Crippen LogP contribution in [-0.2, 0) is 9.84 Å². The van der Waals surface area contributed by atoms with Crippen molar-refractivity contribution >= 4 is 36.2 Å². The van der Waals surface area contributed by atoms with E-state index in [4.69, 9.17) is 0 Å². The Balaban J connectivity index is 2.96. The van der Waals surface area contributed by atoms with Crippen molar-refractivity contribution in [2.45, 2.75) is 11.8 Å². The Morgan fingerprint density at radius 2 is 0.778 bits per heavy atom. The third-order valence-corrected chi connectivity index (χ3v) is 155. The molecule has 3 rings (SSSR count). The Morgan fingerprint density at radius 1 is 0.519 bits per heavy atom. The van der Waals surface area contributed by atoms with Crippen LogP contribution < -0.4 is 4.83 Å². The first-order valence-electron chi connectivity index (χ1n) is 9.45.